The number of aromatic nitrogens is 1. The van der Waals surface area contributed by atoms with Gasteiger partial charge in [-0.25, -0.2) is 4.79 Å². The highest BCUT2D eigenvalue weighted by atomic mass is 32.2. The Kier molecular flexibility index (Phi) is 11.8. The molecule has 4 atom stereocenters. The molecule has 3 aromatic rings. The second-order valence-electron chi connectivity index (χ2n) is 10.3. The molecular formula is C30H39N5O5S. The maximum Gasteiger partial charge on any atom is 0.326 e. The second kappa shape index (κ2) is 15.2. The van der Waals surface area contributed by atoms with Crippen LogP contribution in [0.1, 0.15) is 31.4 Å². The first kappa shape index (κ1) is 31.7. The second-order valence-corrected chi connectivity index (χ2v) is 11.3. The van der Waals surface area contributed by atoms with Crippen LogP contribution in [0.25, 0.3) is 10.9 Å². The maximum atomic E-state index is 13.5. The summed E-state index contributed by atoms with van der Waals surface area (Å²) >= 11 is 1.52. The van der Waals surface area contributed by atoms with E-state index >= 15 is 0 Å². The first-order chi connectivity index (χ1) is 19.6. The van der Waals surface area contributed by atoms with Gasteiger partial charge < -0.3 is 31.8 Å². The zero-order valence-corrected chi connectivity index (χ0v) is 24.4. The van der Waals surface area contributed by atoms with E-state index in [2.05, 4.69) is 20.9 Å². The molecule has 0 aliphatic heterocycles. The van der Waals surface area contributed by atoms with E-state index in [1.54, 1.807) is 6.20 Å². The highest BCUT2D eigenvalue weighted by Gasteiger charge is 2.31. The number of amides is 3. The van der Waals surface area contributed by atoms with Crippen molar-refractivity contribution < 1.29 is 24.3 Å². The van der Waals surface area contributed by atoms with E-state index in [1.165, 1.54) is 11.8 Å². The van der Waals surface area contributed by atoms with Crippen molar-refractivity contribution in [3.8, 4) is 0 Å². The number of carbonyl (C=O) groups is 4. The molecule has 0 fully saturated rings. The lowest BCUT2D eigenvalue weighted by Gasteiger charge is -2.26. The Morgan fingerprint density at radius 2 is 1.46 bits per heavy atom. The van der Waals surface area contributed by atoms with E-state index in [-0.39, 0.29) is 18.8 Å². The summed E-state index contributed by atoms with van der Waals surface area (Å²) in [4.78, 5) is 54.9. The smallest absolute Gasteiger partial charge is 0.326 e. The zero-order chi connectivity index (χ0) is 29.9. The highest BCUT2D eigenvalue weighted by molar-refractivity contribution is 7.98. The molecule has 0 radical (unpaired) electrons. The third-order valence-corrected chi connectivity index (χ3v) is 7.54. The van der Waals surface area contributed by atoms with Crippen molar-refractivity contribution in [3.63, 3.8) is 0 Å². The van der Waals surface area contributed by atoms with Crippen molar-refractivity contribution in [1.29, 1.82) is 0 Å². The Bertz CT molecular complexity index is 1330. The standard InChI is InChI=1S/C30H39N5O5S/c1-18(2)26(31)29(38)33-23(13-14-41-3)27(36)34-24(15-19-9-5-4-6-10-19)28(37)35-25(30(39)40)16-20-17-32-22-12-8-7-11-21(20)22/h4-12,17-18,23-26,32H,13-16,31H2,1-3H3,(H,33,38)(H,34,36)(H,35,37)(H,39,40). The molecule has 220 valence electrons. The van der Waals surface area contributed by atoms with Crippen LogP contribution in [0.4, 0.5) is 0 Å². The molecule has 0 aliphatic carbocycles. The summed E-state index contributed by atoms with van der Waals surface area (Å²) in [7, 11) is 0. The summed E-state index contributed by atoms with van der Waals surface area (Å²) in [6, 6.07) is 12.6. The van der Waals surface area contributed by atoms with Gasteiger partial charge in [-0.15, -0.1) is 0 Å². The summed E-state index contributed by atoms with van der Waals surface area (Å²) in [5.41, 5.74) is 8.38. The van der Waals surface area contributed by atoms with E-state index in [0.29, 0.717) is 12.2 Å². The first-order valence-corrected chi connectivity index (χ1v) is 15.0. The molecule has 10 nitrogen and oxygen atoms in total. The molecule has 7 N–H and O–H groups in total. The van der Waals surface area contributed by atoms with Crippen molar-refractivity contribution in [1.82, 2.24) is 20.9 Å². The number of carbonyl (C=O) groups excluding carboxylic acids is 3. The number of thioether (sulfide) groups is 1. The van der Waals surface area contributed by atoms with Gasteiger partial charge in [0.1, 0.15) is 18.1 Å². The molecule has 41 heavy (non-hydrogen) atoms. The Hall–Kier alpha value is -3.83. The number of para-hydroxylation sites is 1. The summed E-state index contributed by atoms with van der Waals surface area (Å²) in [5.74, 6) is -2.35. The third kappa shape index (κ3) is 9.09. The van der Waals surface area contributed by atoms with Crippen molar-refractivity contribution in [3.05, 3.63) is 71.9 Å². The molecule has 2 aromatic carbocycles. The summed E-state index contributed by atoms with van der Waals surface area (Å²) in [6.07, 6.45) is 4.14. The summed E-state index contributed by atoms with van der Waals surface area (Å²) < 4.78 is 0. The average Bonchev–Trinajstić information content (AvgIpc) is 3.36. The molecule has 0 saturated heterocycles. The lowest BCUT2D eigenvalue weighted by Crippen LogP contribution is -2.58. The fourth-order valence-corrected chi connectivity index (χ4v) is 4.87. The number of benzene rings is 2. The number of H-pyrrole nitrogens is 1. The van der Waals surface area contributed by atoms with Gasteiger partial charge in [-0.1, -0.05) is 62.4 Å². The molecule has 0 bridgehead atoms. The van der Waals surface area contributed by atoms with Gasteiger partial charge in [0.05, 0.1) is 6.04 Å². The van der Waals surface area contributed by atoms with Crippen LogP contribution in [0.5, 0.6) is 0 Å². The van der Waals surface area contributed by atoms with Crippen molar-refractivity contribution in [2.75, 3.05) is 12.0 Å². The Balaban J connectivity index is 1.81. The Labute approximate surface area is 244 Å². The van der Waals surface area contributed by atoms with Gasteiger partial charge in [-0.2, -0.15) is 11.8 Å². The number of aromatic amines is 1. The van der Waals surface area contributed by atoms with Crippen LogP contribution in [-0.2, 0) is 32.0 Å². The van der Waals surface area contributed by atoms with E-state index in [0.717, 1.165) is 22.0 Å². The average molecular weight is 582 g/mol. The number of nitrogens with one attached hydrogen (secondary N) is 4. The predicted octanol–water partition coefficient (Wildman–Crippen LogP) is 2.23. The van der Waals surface area contributed by atoms with Crippen molar-refractivity contribution >= 4 is 46.4 Å². The summed E-state index contributed by atoms with van der Waals surface area (Å²) in [5, 5.41) is 18.9. The van der Waals surface area contributed by atoms with E-state index in [9.17, 15) is 24.3 Å². The molecule has 1 aromatic heterocycles. The molecule has 0 saturated carbocycles. The van der Waals surface area contributed by atoms with Gasteiger partial charge in [-0.3, -0.25) is 14.4 Å². The number of hydrogen-bond donors (Lipinski definition) is 6. The topological polar surface area (TPSA) is 166 Å². The number of carboxylic acids is 1. The fraction of sp³-hybridized carbons (Fsp3) is 0.400. The quantitative estimate of drug-likeness (QED) is 0.160. The molecule has 3 amide bonds. The maximum absolute atomic E-state index is 13.5. The molecule has 3 rings (SSSR count). The van der Waals surface area contributed by atoms with E-state index < -0.39 is 47.9 Å². The van der Waals surface area contributed by atoms with E-state index in [4.69, 9.17) is 5.73 Å². The number of hydrogen-bond acceptors (Lipinski definition) is 6. The van der Waals surface area contributed by atoms with Crippen LogP contribution in [0.15, 0.2) is 60.8 Å². The minimum Gasteiger partial charge on any atom is -0.480 e. The molecular weight excluding hydrogens is 542 g/mol. The third-order valence-electron chi connectivity index (χ3n) is 6.89. The van der Waals surface area contributed by atoms with Gasteiger partial charge in [0.25, 0.3) is 0 Å². The van der Waals surface area contributed by atoms with Gasteiger partial charge in [0.2, 0.25) is 17.7 Å². The largest absolute Gasteiger partial charge is 0.480 e. The fourth-order valence-electron chi connectivity index (χ4n) is 4.40. The molecule has 0 aliphatic rings. The van der Waals surface area contributed by atoms with Gasteiger partial charge in [0, 0.05) is 29.9 Å². The van der Waals surface area contributed by atoms with E-state index in [1.807, 2.05) is 74.7 Å². The van der Waals surface area contributed by atoms with Gasteiger partial charge in [0.15, 0.2) is 0 Å². The Morgan fingerprint density at radius 3 is 2.12 bits per heavy atom. The van der Waals surface area contributed by atoms with Crippen molar-refractivity contribution in [2.45, 2.75) is 57.3 Å². The Morgan fingerprint density at radius 1 is 0.854 bits per heavy atom. The van der Waals surface area contributed by atoms with Crippen LogP contribution >= 0.6 is 11.8 Å². The zero-order valence-electron chi connectivity index (χ0n) is 23.6. The molecule has 0 spiro atoms. The minimum absolute atomic E-state index is 0.0522. The number of fused-ring (bicyclic) bond motifs is 1. The highest BCUT2D eigenvalue weighted by Crippen LogP contribution is 2.19. The van der Waals surface area contributed by atoms with Gasteiger partial charge >= 0.3 is 5.97 Å². The van der Waals surface area contributed by atoms with Gasteiger partial charge in [-0.05, 0) is 41.5 Å². The van der Waals surface area contributed by atoms with Crippen molar-refractivity contribution in [2.24, 2.45) is 11.7 Å². The number of rotatable bonds is 15. The molecule has 4 unspecified atom stereocenters. The SMILES string of the molecule is CSCCC(NC(=O)C(N)C(C)C)C(=O)NC(Cc1ccccc1)C(=O)NC(Cc1c[nH]c2ccccc12)C(=O)O. The lowest BCUT2D eigenvalue weighted by atomic mass is 10.0. The lowest BCUT2D eigenvalue weighted by molar-refractivity contribution is -0.142. The predicted molar refractivity (Wildman–Crippen MR) is 161 cm³/mol. The number of nitrogens with two attached hydrogens (primary N) is 1. The normalized spacial score (nSPS) is 14.2. The first-order valence-electron chi connectivity index (χ1n) is 13.6. The summed E-state index contributed by atoms with van der Waals surface area (Å²) in [6.45, 7) is 3.63. The minimum atomic E-state index is -1.23. The number of carboxylic acid groups (broad SMARTS) is 1. The monoisotopic (exact) mass is 581 g/mol. The molecule has 1 heterocycles. The number of aliphatic carboxylic acids is 1. The van der Waals surface area contributed by atoms with Crippen LogP contribution in [-0.4, -0.2) is 70.0 Å². The van der Waals surface area contributed by atoms with Crippen LogP contribution in [0, 0.1) is 5.92 Å². The van der Waals surface area contributed by atoms with Crippen LogP contribution in [0.2, 0.25) is 0 Å². The van der Waals surface area contributed by atoms with Crippen LogP contribution in [0.3, 0.4) is 0 Å². The van der Waals surface area contributed by atoms with Crippen LogP contribution < -0.4 is 21.7 Å². The molecule has 11 heteroatoms.